The lowest BCUT2D eigenvalue weighted by Gasteiger charge is -2.16. The highest BCUT2D eigenvalue weighted by Crippen LogP contribution is 2.18. The molecule has 1 amide bonds. The molecule has 0 N–H and O–H groups in total. The molecule has 5 heteroatoms. The van der Waals surface area contributed by atoms with Crippen LogP contribution in [-0.4, -0.2) is 43.2 Å². The Bertz CT molecular complexity index is 422. The summed E-state index contributed by atoms with van der Waals surface area (Å²) in [7, 11) is 3.14. The summed E-state index contributed by atoms with van der Waals surface area (Å²) >= 11 is 1.68. The molecular formula is C15H21NO3S. The molecule has 0 aliphatic rings. The number of carbonyl (C=O) groups excluding carboxylic acids is 2. The first-order valence-electron chi connectivity index (χ1n) is 6.62. The fourth-order valence-electron chi connectivity index (χ4n) is 1.65. The highest BCUT2D eigenvalue weighted by Gasteiger charge is 2.09. The Hall–Kier alpha value is -1.49. The van der Waals surface area contributed by atoms with E-state index in [1.807, 2.05) is 30.3 Å². The Morgan fingerprint density at radius 1 is 1.20 bits per heavy atom. The molecule has 0 aromatic heterocycles. The van der Waals surface area contributed by atoms with Crippen LogP contribution in [0.5, 0.6) is 0 Å². The third kappa shape index (κ3) is 6.61. The fourth-order valence-corrected chi connectivity index (χ4v) is 2.51. The summed E-state index contributed by atoms with van der Waals surface area (Å²) in [5, 5.41) is 0. The van der Waals surface area contributed by atoms with E-state index in [-0.39, 0.29) is 11.9 Å². The Balaban J connectivity index is 2.16. The molecule has 1 aromatic carbocycles. The first-order chi connectivity index (χ1) is 9.63. The van der Waals surface area contributed by atoms with Crippen LogP contribution in [0.3, 0.4) is 0 Å². The van der Waals surface area contributed by atoms with Crippen molar-refractivity contribution in [1.82, 2.24) is 4.90 Å². The number of nitrogens with zero attached hydrogens (tertiary/aromatic N) is 1. The molecule has 0 heterocycles. The van der Waals surface area contributed by atoms with E-state index < -0.39 is 0 Å². The lowest BCUT2D eigenvalue weighted by Crippen LogP contribution is -2.28. The van der Waals surface area contributed by atoms with Gasteiger partial charge in [0.15, 0.2) is 0 Å². The van der Waals surface area contributed by atoms with Gasteiger partial charge in [-0.05, 0) is 18.6 Å². The minimum Gasteiger partial charge on any atom is -0.469 e. The quantitative estimate of drug-likeness (QED) is 0.546. The molecule has 0 unspecified atom stereocenters. The summed E-state index contributed by atoms with van der Waals surface area (Å²) in [4.78, 5) is 25.7. The fraction of sp³-hybridized carbons (Fsp3) is 0.467. The lowest BCUT2D eigenvalue weighted by atomic mass is 10.3. The normalized spacial score (nSPS) is 10.1. The highest BCUT2D eigenvalue weighted by molar-refractivity contribution is 7.99. The van der Waals surface area contributed by atoms with Crippen molar-refractivity contribution in [3.63, 3.8) is 0 Å². The molecule has 1 aromatic rings. The number of esters is 1. The van der Waals surface area contributed by atoms with E-state index in [0.29, 0.717) is 25.8 Å². The summed E-state index contributed by atoms with van der Waals surface area (Å²) in [6.45, 7) is 0.587. The van der Waals surface area contributed by atoms with Gasteiger partial charge in [-0.2, -0.15) is 0 Å². The molecule has 0 saturated carbocycles. The van der Waals surface area contributed by atoms with Gasteiger partial charge in [-0.15, -0.1) is 11.8 Å². The third-order valence-electron chi connectivity index (χ3n) is 2.86. The number of rotatable bonds is 8. The predicted octanol–water partition coefficient (Wildman–Crippen LogP) is 2.58. The summed E-state index contributed by atoms with van der Waals surface area (Å²) < 4.78 is 4.56. The summed E-state index contributed by atoms with van der Waals surface area (Å²) in [5.74, 6) is 0.647. The number of benzene rings is 1. The smallest absolute Gasteiger partial charge is 0.305 e. The predicted molar refractivity (Wildman–Crippen MR) is 80.7 cm³/mol. The molecule has 0 radical (unpaired) electrons. The van der Waals surface area contributed by atoms with E-state index in [0.717, 1.165) is 5.75 Å². The van der Waals surface area contributed by atoms with Crippen molar-refractivity contribution in [2.45, 2.75) is 24.2 Å². The van der Waals surface area contributed by atoms with Crippen molar-refractivity contribution in [2.75, 3.05) is 26.5 Å². The van der Waals surface area contributed by atoms with Gasteiger partial charge in [-0.3, -0.25) is 9.59 Å². The molecular weight excluding hydrogens is 274 g/mol. The van der Waals surface area contributed by atoms with Crippen molar-refractivity contribution in [1.29, 1.82) is 0 Å². The molecule has 0 atom stereocenters. The van der Waals surface area contributed by atoms with Crippen molar-refractivity contribution in [3.8, 4) is 0 Å². The SMILES string of the molecule is COC(=O)CCCN(C)C(=O)CCSc1ccccc1. The third-order valence-corrected chi connectivity index (χ3v) is 3.87. The van der Waals surface area contributed by atoms with Crippen LogP contribution >= 0.6 is 11.8 Å². The van der Waals surface area contributed by atoms with Gasteiger partial charge in [0.2, 0.25) is 5.91 Å². The van der Waals surface area contributed by atoms with Gasteiger partial charge < -0.3 is 9.64 Å². The summed E-state index contributed by atoms with van der Waals surface area (Å²) in [6, 6.07) is 10.0. The first kappa shape index (κ1) is 16.6. The summed E-state index contributed by atoms with van der Waals surface area (Å²) in [6.07, 6.45) is 1.50. The van der Waals surface area contributed by atoms with Gasteiger partial charge in [-0.25, -0.2) is 0 Å². The van der Waals surface area contributed by atoms with Crippen molar-refractivity contribution >= 4 is 23.6 Å². The number of hydrogen-bond donors (Lipinski definition) is 0. The van der Waals surface area contributed by atoms with Gasteiger partial charge in [0, 0.05) is 37.1 Å². The molecule has 110 valence electrons. The summed E-state index contributed by atoms with van der Waals surface area (Å²) in [5.41, 5.74) is 0. The average molecular weight is 295 g/mol. The Labute approximate surface area is 124 Å². The van der Waals surface area contributed by atoms with E-state index in [1.54, 1.807) is 23.7 Å². The second-order valence-corrected chi connectivity index (χ2v) is 5.57. The standard InChI is InChI=1S/C15H21NO3S/c1-16(11-6-9-15(18)19-2)14(17)10-12-20-13-7-4-3-5-8-13/h3-5,7-8H,6,9-12H2,1-2H3. The maximum Gasteiger partial charge on any atom is 0.305 e. The Morgan fingerprint density at radius 3 is 2.55 bits per heavy atom. The maximum atomic E-state index is 11.9. The number of thioether (sulfide) groups is 1. The van der Waals surface area contributed by atoms with Crippen LogP contribution in [0.1, 0.15) is 19.3 Å². The molecule has 0 fully saturated rings. The highest BCUT2D eigenvalue weighted by atomic mass is 32.2. The molecule has 4 nitrogen and oxygen atoms in total. The van der Waals surface area contributed by atoms with Crippen molar-refractivity contribution < 1.29 is 14.3 Å². The average Bonchev–Trinajstić information content (AvgIpc) is 2.47. The van der Waals surface area contributed by atoms with Crippen LogP contribution < -0.4 is 0 Å². The largest absolute Gasteiger partial charge is 0.469 e. The van der Waals surface area contributed by atoms with E-state index in [2.05, 4.69) is 4.74 Å². The number of ether oxygens (including phenoxy) is 1. The van der Waals surface area contributed by atoms with E-state index >= 15 is 0 Å². The zero-order chi connectivity index (χ0) is 14.8. The Morgan fingerprint density at radius 2 is 1.90 bits per heavy atom. The number of amides is 1. The van der Waals surface area contributed by atoms with Crippen LogP contribution in [0.25, 0.3) is 0 Å². The van der Waals surface area contributed by atoms with Crippen LogP contribution in [0.2, 0.25) is 0 Å². The number of hydrogen-bond acceptors (Lipinski definition) is 4. The second-order valence-electron chi connectivity index (χ2n) is 4.41. The first-order valence-corrected chi connectivity index (χ1v) is 7.60. The van der Waals surface area contributed by atoms with Crippen LogP contribution in [-0.2, 0) is 14.3 Å². The molecule has 20 heavy (non-hydrogen) atoms. The molecule has 0 spiro atoms. The van der Waals surface area contributed by atoms with E-state index in [9.17, 15) is 9.59 Å². The number of methoxy groups -OCH3 is 1. The Kier molecular flexibility index (Phi) is 7.80. The van der Waals surface area contributed by atoms with Crippen LogP contribution in [0.4, 0.5) is 0 Å². The zero-order valence-electron chi connectivity index (χ0n) is 12.0. The topological polar surface area (TPSA) is 46.6 Å². The molecule has 1 rings (SSSR count). The van der Waals surface area contributed by atoms with E-state index in [1.165, 1.54) is 12.0 Å². The monoisotopic (exact) mass is 295 g/mol. The number of carbonyl (C=O) groups is 2. The minimum atomic E-state index is -0.231. The van der Waals surface area contributed by atoms with Crippen LogP contribution in [0, 0.1) is 0 Å². The van der Waals surface area contributed by atoms with Crippen molar-refractivity contribution in [3.05, 3.63) is 30.3 Å². The maximum absolute atomic E-state index is 11.9. The van der Waals surface area contributed by atoms with Gasteiger partial charge in [-0.1, -0.05) is 18.2 Å². The molecule has 0 aliphatic heterocycles. The molecule has 0 aliphatic carbocycles. The minimum absolute atomic E-state index is 0.110. The van der Waals surface area contributed by atoms with Gasteiger partial charge in [0.1, 0.15) is 0 Å². The molecule has 0 bridgehead atoms. The zero-order valence-corrected chi connectivity index (χ0v) is 12.8. The molecule has 0 saturated heterocycles. The van der Waals surface area contributed by atoms with Gasteiger partial charge in [0.25, 0.3) is 0 Å². The van der Waals surface area contributed by atoms with Crippen LogP contribution in [0.15, 0.2) is 35.2 Å². The van der Waals surface area contributed by atoms with Crippen molar-refractivity contribution in [2.24, 2.45) is 0 Å². The van der Waals surface area contributed by atoms with Gasteiger partial charge in [0.05, 0.1) is 7.11 Å². The lowest BCUT2D eigenvalue weighted by molar-refractivity contribution is -0.141. The second kappa shape index (κ2) is 9.42. The van der Waals surface area contributed by atoms with Gasteiger partial charge >= 0.3 is 5.97 Å². The van der Waals surface area contributed by atoms with E-state index in [4.69, 9.17) is 0 Å².